The van der Waals surface area contributed by atoms with Crippen LogP contribution in [0.5, 0.6) is 0 Å². The molecule has 0 amide bonds. The van der Waals surface area contributed by atoms with Crippen molar-refractivity contribution in [2.75, 3.05) is 27.2 Å². The molecule has 0 aliphatic rings. The van der Waals surface area contributed by atoms with Gasteiger partial charge in [-0.25, -0.2) is 0 Å². The van der Waals surface area contributed by atoms with E-state index < -0.39 is 8.80 Å². The van der Waals surface area contributed by atoms with Crippen LogP contribution in [0.25, 0.3) is 0 Å². The Morgan fingerprint density at radius 1 is 1.07 bits per heavy atom. The van der Waals surface area contributed by atoms with Crippen molar-refractivity contribution < 1.29 is 13.3 Å². The molecule has 0 N–H and O–H groups in total. The van der Waals surface area contributed by atoms with Crippen molar-refractivity contribution in [3.63, 3.8) is 0 Å². The van der Waals surface area contributed by atoms with E-state index in [-0.39, 0.29) is 0 Å². The summed E-state index contributed by atoms with van der Waals surface area (Å²) in [5.41, 5.74) is 0. The summed E-state index contributed by atoms with van der Waals surface area (Å²) in [6, 6.07) is 0.778. The fourth-order valence-electron chi connectivity index (χ4n) is 0.840. The van der Waals surface area contributed by atoms with Crippen molar-refractivity contribution in [2.45, 2.75) is 26.3 Å². The maximum Gasteiger partial charge on any atom is 0.500 e. The molecular formula is C9H22ClO3Si. The van der Waals surface area contributed by atoms with E-state index >= 15 is 0 Å². The van der Waals surface area contributed by atoms with E-state index in [0.29, 0.717) is 5.88 Å². The van der Waals surface area contributed by atoms with Crippen LogP contribution in [0, 0.1) is 6.42 Å². The molecule has 0 aliphatic heterocycles. The summed E-state index contributed by atoms with van der Waals surface area (Å²) in [7, 11) is 2.49. The van der Waals surface area contributed by atoms with Crippen LogP contribution in [0.1, 0.15) is 20.3 Å². The van der Waals surface area contributed by atoms with Crippen LogP contribution in [0.3, 0.4) is 0 Å². The average molecular weight is 242 g/mol. The van der Waals surface area contributed by atoms with Crippen LogP contribution in [0.4, 0.5) is 0 Å². The van der Waals surface area contributed by atoms with E-state index in [4.69, 9.17) is 24.9 Å². The first kappa shape index (κ1) is 16.8. The van der Waals surface area contributed by atoms with Crippen molar-refractivity contribution in [3.8, 4) is 0 Å². The van der Waals surface area contributed by atoms with Crippen molar-refractivity contribution in [3.05, 3.63) is 6.42 Å². The van der Waals surface area contributed by atoms with Crippen molar-refractivity contribution in [1.29, 1.82) is 0 Å². The van der Waals surface area contributed by atoms with Gasteiger partial charge >= 0.3 is 8.80 Å². The lowest BCUT2D eigenvalue weighted by Gasteiger charge is -2.23. The maximum absolute atomic E-state index is 5.53. The first-order chi connectivity index (χ1) is 6.66. The van der Waals surface area contributed by atoms with E-state index in [9.17, 15) is 0 Å². The Morgan fingerprint density at radius 3 is 1.64 bits per heavy atom. The molecule has 0 rings (SSSR count). The highest BCUT2D eigenvalue weighted by Gasteiger charge is 2.36. The summed E-state index contributed by atoms with van der Waals surface area (Å²) in [4.78, 5) is 0. The highest BCUT2D eigenvalue weighted by molar-refractivity contribution is 6.60. The topological polar surface area (TPSA) is 27.7 Å². The molecule has 0 saturated carbocycles. The summed E-state index contributed by atoms with van der Waals surface area (Å²) < 4.78 is 15.5. The molecule has 0 spiro atoms. The maximum atomic E-state index is 5.53. The Kier molecular flexibility index (Phi) is 13.8. The summed E-state index contributed by atoms with van der Waals surface area (Å²) >= 11 is 5.53. The highest BCUT2D eigenvalue weighted by Crippen LogP contribution is 2.14. The van der Waals surface area contributed by atoms with Gasteiger partial charge < -0.3 is 13.3 Å². The first-order valence-electron chi connectivity index (χ1n) is 4.61. The quantitative estimate of drug-likeness (QED) is 0.529. The Hall–Kier alpha value is 0.387. The van der Waals surface area contributed by atoms with Crippen LogP contribution >= 0.6 is 11.6 Å². The molecule has 0 atom stereocenters. The molecule has 0 fully saturated rings. The lowest BCUT2D eigenvalue weighted by molar-refractivity contribution is 0.123. The molecule has 0 heterocycles. The third-order valence-corrected chi connectivity index (χ3v) is 4.65. The van der Waals surface area contributed by atoms with Gasteiger partial charge in [0.2, 0.25) is 0 Å². The Balaban J connectivity index is 0. The molecule has 0 bridgehead atoms. The van der Waals surface area contributed by atoms with Crippen LogP contribution in [0.2, 0.25) is 6.04 Å². The average Bonchev–Trinajstić information content (AvgIpc) is 2.22. The SMILES string of the molecule is CO[Si](CCCCl)(OC)OC.C[CH]C. The number of rotatable bonds is 6. The second-order valence-corrected chi connectivity index (χ2v) is 6.13. The number of halogens is 1. The fourth-order valence-corrected chi connectivity index (χ4v) is 2.92. The first-order valence-corrected chi connectivity index (χ1v) is 7.08. The van der Waals surface area contributed by atoms with Gasteiger partial charge in [0.25, 0.3) is 0 Å². The van der Waals surface area contributed by atoms with Crippen LogP contribution < -0.4 is 0 Å². The predicted octanol–water partition coefficient (Wildman–Crippen LogP) is 2.72. The van der Waals surface area contributed by atoms with Gasteiger partial charge in [-0.15, -0.1) is 11.6 Å². The van der Waals surface area contributed by atoms with Gasteiger partial charge in [-0.3, -0.25) is 0 Å². The summed E-state index contributed by atoms with van der Waals surface area (Å²) in [6.45, 7) is 4.00. The molecule has 3 nitrogen and oxygen atoms in total. The zero-order chi connectivity index (χ0) is 11.4. The second kappa shape index (κ2) is 11.5. The number of hydrogen-bond donors (Lipinski definition) is 0. The molecule has 0 saturated heterocycles. The smallest absolute Gasteiger partial charge is 0.377 e. The van der Waals surface area contributed by atoms with Crippen molar-refractivity contribution in [2.24, 2.45) is 0 Å². The normalized spacial score (nSPS) is 10.7. The van der Waals surface area contributed by atoms with Gasteiger partial charge in [0.15, 0.2) is 0 Å². The predicted molar refractivity (Wildman–Crippen MR) is 62.6 cm³/mol. The zero-order valence-corrected chi connectivity index (χ0v) is 11.6. The van der Waals surface area contributed by atoms with Gasteiger partial charge in [0, 0.05) is 33.3 Å². The van der Waals surface area contributed by atoms with E-state index in [2.05, 4.69) is 0 Å². The van der Waals surface area contributed by atoms with Crippen molar-refractivity contribution >= 4 is 20.4 Å². The number of alkyl halides is 1. The largest absolute Gasteiger partial charge is 0.500 e. The molecule has 0 aliphatic carbocycles. The molecule has 0 unspecified atom stereocenters. The lowest BCUT2D eigenvalue weighted by atomic mass is 10.6. The molecule has 87 valence electrons. The molecule has 5 heteroatoms. The molecular weight excluding hydrogens is 220 g/mol. The van der Waals surface area contributed by atoms with Crippen LogP contribution in [-0.2, 0) is 13.3 Å². The van der Waals surface area contributed by atoms with Gasteiger partial charge in [0.1, 0.15) is 0 Å². The minimum absolute atomic E-state index is 0.616. The van der Waals surface area contributed by atoms with Crippen LogP contribution in [-0.4, -0.2) is 36.0 Å². The third-order valence-electron chi connectivity index (χ3n) is 1.55. The van der Waals surface area contributed by atoms with Gasteiger partial charge in [0.05, 0.1) is 0 Å². The van der Waals surface area contributed by atoms with E-state index in [1.165, 1.54) is 0 Å². The molecule has 0 aromatic carbocycles. The van der Waals surface area contributed by atoms with Gasteiger partial charge in [-0.2, -0.15) is 0 Å². The van der Waals surface area contributed by atoms with E-state index in [1.807, 2.05) is 20.3 Å². The molecule has 0 aromatic heterocycles. The monoisotopic (exact) mass is 241 g/mol. The molecule has 0 aromatic rings. The van der Waals surface area contributed by atoms with E-state index in [1.54, 1.807) is 21.3 Å². The van der Waals surface area contributed by atoms with E-state index in [0.717, 1.165) is 12.5 Å². The third kappa shape index (κ3) is 7.76. The van der Waals surface area contributed by atoms with Crippen LogP contribution in [0.15, 0.2) is 0 Å². The highest BCUT2D eigenvalue weighted by atomic mass is 35.5. The summed E-state index contributed by atoms with van der Waals surface area (Å²) in [5, 5.41) is 0. The Labute approximate surface area is 94.1 Å². The summed E-state index contributed by atoms with van der Waals surface area (Å²) in [6.07, 6.45) is 2.86. The standard InChI is InChI=1S/C6H15ClO3Si.C3H7/c1-8-11(9-2,10-3)6-4-5-7;1-3-2/h4-6H2,1-3H3;3H,1-2H3. The molecule has 1 radical (unpaired) electrons. The Morgan fingerprint density at radius 2 is 1.43 bits per heavy atom. The minimum Gasteiger partial charge on any atom is -0.377 e. The lowest BCUT2D eigenvalue weighted by Crippen LogP contribution is -2.42. The molecule has 14 heavy (non-hydrogen) atoms. The fraction of sp³-hybridized carbons (Fsp3) is 0.889. The van der Waals surface area contributed by atoms with Gasteiger partial charge in [-0.1, -0.05) is 13.8 Å². The minimum atomic E-state index is -2.32. The Bertz CT molecular complexity index is 102. The number of hydrogen-bond acceptors (Lipinski definition) is 3. The summed E-state index contributed by atoms with van der Waals surface area (Å²) in [5.74, 6) is 0.616. The van der Waals surface area contributed by atoms with Gasteiger partial charge in [-0.05, 0) is 12.8 Å². The van der Waals surface area contributed by atoms with Crippen molar-refractivity contribution in [1.82, 2.24) is 0 Å². The zero-order valence-electron chi connectivity index (χ0n) is 9.80. The second-order valence-electron chi connectivity index (χ2n) is 2.67.